The van der Waals surface area contributed by atoms with Crippen molar-refractivity contribution in [3.8, 4) is 0 Å². The molecule has 4 nitrogen and oxygen atoms in total. The Balaban J connectivity index is 2.14. The van der Waals surface area contributed by atoms with Crippen molar-refractivity contribution in [1.29, 1.82) is 0 Å². The number of aromatic nitrogens is 3. The zero-order valence-electron chi connectivity index (χ0n) is 6.44. The lowest BCUT2D eigenvalue weighted by molar-refractivity contribution is 0.368. The van der Waals surface area contributed by atoms with Crippen molar-refractivity contribution in [2.45, 2.75) is 6.54 Å². The third-order valence-electron chi connectivity index (χ3n) is 1.46. The first kappa shape index (κ1) is 8.96. The van der Waals surface area contributed by atoms with E-state index in [4.69, 9.17) is 4.52 Å². The molecule has 0 N–H and O–H groups in total. The zero-order chi connectivity index (χ0) is 9.26. The van der Waals surface area contributed by atoms with Gasteiger partial charge in [-0.1, -0.05) is 5.16 Å². The van der Waals surface area contributed by atoms with Gasteiger partial charge in [-0.2, -0.15) is 5.10 Å². The first-order valence-electron chi connectivity index (χ1n) is 3.54. The summed E-state index contributed by atoms with van der Waals surface area (Å²) >= 11 is 6.47. The summed E-state index contributed by atoms with van der Waals surface area (Å²) < 4.78 is 8.28. The summed E-state index contributed by atoms with van der Waals surface area (Å²) in [5.74, 6) is 0.766. The topological polar surface area (TPSA) is 43.9 Å². The number of rotatable bonds is 2. The minimum atomic E-state index is 0.588. The van der Waals surface area contributed by atoms with E-state index in [1.807, 2.05) is 18.3 Å². The average molecular weight is 307 g/mol. The minimum absolute atomic E-state index is 0.588. The minimum Gasteiger partial charge on any atom is -0.358 e. The lowest BCUT2D eigenvalue weighted by Crippen LogP contribution is -1.98. The molecule has 2 aromatic rings. The molecule has 0 amide bonds. The molecule has 0 spiro atoms. The van der Waals surface area contributed by atoms with Crippen molar-refractivity contribution in [2.75, 3.05) is 0 Å². The smallest absolute Gasteiger partial charge is 0.159 e. The van der Waals surface area contributed by atoms with Crippen molar-refractivity contribution in [1.82, 2.24) is 14.9 Å². The Labute approximate surface area is 91.2 Å². The molecule has 2 aromatic heterocycles. The molecule has 0 atom stereocenters. The normalized spacial score (nSPS) is 10.6. The van der Waals surface area contributed by atoms with Crippen molar-refractivity contribution < 1.29 is 4.52 Å². The molecule has 2 rings (SSSR count). The Morgan fingerprint density at radius 3 is 2.77 bits per heavy atom. The molecule has 0 radical (unpaired) electrons. The van der Waals surface area contributed by atoms with E-state index < -0.39 is 0 Å². The number of halogens is 2. The Bertz CT molecular complexity index is 371. The first-order valence-corrected chi connectivity index (χ1v) is 5.13. The predicted molar refractivity (Wildman–Crippen MR) is 53.2 cm³/mol. The molecule has 0 fully saturated rings. The van der Waals surface area contributed by atoms with Crippen LogP contribution in [0.2, 0.25) is 0 Å². The molecule has 2 heterocycles. The van der Waals surface area contributed by atoms with Crippen LogP contribution in [0.3, 0.4) is 0 Å². The summed E-state index contributed by atoms with van der Waals surface area (Å²) in [6.07, 6.45) is 1.86. The third-order valence-corrected chi connectivity index (χ3v) is 2.25. The van der Waals surface area contributed by atoms with Gasteiger partial charge in [0, 0.05) is 12.3 Å². The number of nitrogens with zero attached hydrogens (tertiary/aromatic N) is 3. The van der Waals surface area contributed by atoms with Crippen LogP contribution in [-0.2, 0) is 6.54 Å². The number of hydrogen-bond acceptors (Lipinski definition) is 3. The molecule has 13 heavy (non-hydrogen) atoms. The Kier molecular flexibility index (Phi) is 2.50. The van der Waals surface area contributed by atoms with E-state index in [0.29, 0.717) is 11.1 Å². The van der Waals surface area contributed by atoms with Crippen molar-refractivity contribution >= 4 is 31.9 Å². The highest BCUT2D eigenvalue weighted by atomic mass is 79.9. The maximum absolute atomic E-state index is 5.00. The highest BCUT2D eigenvalue weighted by molar-refractivity contribution is 9.10. The van der Waals surface area contributed by atoms with Crippen LogP contribution in [-0.4, -0.2) is 14.9 Å². The van der Waals surface area contributed by atoms with Gasteiger partial charge in [-0.25, -0.2) is 0 Å². The van der Waals surface area contributed by atoms with Gasteiger partial charge in [-0.3, -0.25) is 4.68 Å². The van der Waals surface area contributed by atoms with Crippen LogP contribution in [0.4, 0.5) is 0 Å². The highest BCUT2D eigenvalue weighted by Gasteiger charge is 2.03. The predicted octanol–water partition coefficient (Wildman–Crippen LogP) is 2.44. The summed E-state index contributed by atoms with van der Waals surface area (Å²) in [6.45, 7) is 0.588. The quantitative estimate of drug-likeness (QED) is 0.856. The lowest BCUT2D eigenvalue weighted by Gasteiger charge is -1.94. The fourth-order valence-corrected chi connectivity index (χ4v) is 1.60. The van der Waals surface area contributed by atoms with Gasteiger partial charge < -0.3 is 4.52 Å². The van der Waals surface area contributed by atoms with E-state index in [-0.39, 0.29) is 0 Å². The average Bonchev–Trinajstić information content (AvgIpc) is 2.62. The Morgan fingerprint density at radius 2 is 2.23 bits per heavy atom. The van der Waals surface area contributed by atoms with Crippen LogP contribution in [0.25, 0.3) is 0 Å². The van der Waals surface area contributed by atoms with Crippen LogP contribution in [0.15, 0.2) is 32.1 Å². The maximum atomic E-state index is 5.00. The standard InChI is InChI=1S/C7H5Br2N3O/c8-6-1-2-12(10-6)4-5-3-7(9)11-13-5/h1-3H,4H2. The summed E-state index contributed by atoms with van der Waals surface area (Å²) in [5, 5.41) is 7.85. The van der Waals surface area contributed by atoms with Crippen LogP contribution in [0.1, 0.15) is 5.76 Å². The summed E-state index contributed by atoms with van der Waals surface area (Å²) in [6, 6.07) is 3.68. The van der Waals surface area contributed by atoms with Crippen molar-refractivity contribution in [2.24, 2.45) is 0 Å². The summed E-state index contributed by atoms with van der Waals surface area (Å²) in [7, 11) is 0. The second-order valence-corrected chi connectivity index (χ2v) is 4.08. The van der Waals surface area contributed by atoms with Crippen LogP contribution < -0.4 is 0 Å². The van der Waals surface area contributed by atoms with E-state index >= 15 is 0 Å². The van der Waals surface area contributed by atoms with Gasteiger partial charge in [0.1, 0.15) is 15.8 Å². The Hall–Kier alpha value is -0.620. The van der Waals surface area contributed by atoms with E-state index in [9.17, 15) is 0 Å². The molecule has 68 valence electrons. The molecule has 6 heteroatoms. The Morgan fingerprint density at radius 1 is 1.38 bits per heavy atom. The molecular weight excluding hydrogens is 302 g/mol. The van der Waals surface area contributed by atoms with Gasteiger partial charge in [-0.15, -0.1) is 0 Å². The summed E-state index contributed by atoms with van der Waals surface area (Å²) in [4.78, 5) is 0. The second kappa shape index (κ2) is 3.63. The van der Waals surface area contributed by atoms with Gasteiger partial charge in [0.15, 0.2) is 5.76 Å². The van der Waals surface area contributed by atoms with E-state index in [0.717, 1.165) is 10.4 Å². The molecule has 0 bridgehead atoms. The SMILES string of the molecule is Brc1cc(Cn2ccc(Br)n2)on1. The first-order chi connectivity index (χ1) is 6.24. The van der Waals surface area contributed by atoms with Crippen LogP contribution in [0.5, 0.6) is 0 Å². The van der Waals surface area contributed by atoms with E-state index in [2.05, 4.69) is 42.1 Å². The highest BCUT2D eigenvalue weighted by Crippen LogP contribution is 2.11. The third kappa shape index (κ3) is 2.19. The van der Waals surface area contributed by atoms with Crippen LogP contribution in [0, 0.1) is 0 Å². The fraction of sp³-hybridized carbons (Fsp3) is 0.143. The van der Waals surface area contributed by atoms with E-state index in [1.165, 1.54) is 0 Å². The summed E-state index contributed by atoms with van der Waals surface area (Å²) in [5.41, 5.74) is 0. The van der Waals surface area contributed by atoms with Gasteiger partial charge in [-0.05, 0) is 37.9 Å². The van der Waals surface area contributed by atoms with Gasteiger partial charge in [0.25, 0.3) is 0 Å². The monoisotopic (exact) mass is 305 g/mol. The number of hydrogen-bond donors (Lipinski definition) is 0. The van der Waals surface area contributed by atoms with Gasteiger partial charge >= 0.3 is 0 Å². The van der Waals surface area contributed by atoms with E-state index in [1.54, 1.807) is 4.68 Å². The maximum Gasteiger partial charge on any atom is 0.159 e. The molecule has 0 saturated carbocycles. The lowest BCUT2D eigenvalue weighted by atomic mass is 10.5. The molecule has 0 unspecified atom stereocenters. The molecule has 0 aromatic carbocycles. The van der Waals surface area contributed by atoms with Gasteiger partial charge in [0.05, 0.1) is 0 Å². The second-order valence-electron chi connectivity index (χ2n) is 2.45. The molecular formula is C7H5Br2N3O. The molecule has 0 aliphatic carbocycles. The zero-order valence-corrected chi connectivity index (χ0v) is 9.62. The molecule has 0 aliphatic heterocycles. The largest absolute Gasteiger partial charge is 0.358 e. The fourth-order valence-electron chi connectivity index (χ4n) is 0.947. The molecule has 0 aliphatic rings. The van der Waals surface area contributed by atoms with Crippen molar-refractivity contribution in [3.63, 3.8) is 0 Å². The van der Waals surface area contributed by atoms with Crippen LogP contribution >= 0.6 is 31.9 Å². The van der Waals surface area contributed by atoms with Gasteiger partial charge in [0.2, 0.25) is 0 Å². The van der Waals surface area contributed by atoms with Crippen molar-refractivity contribution in [3.05, 3.63) is 33.3 Å². The molecule has 0 saturated heterocycles.